The number of rotatable bonds is 5. The standard InChI is InChI=1S/C23H20N2O4S2/c1-16-15-30-23(24-31(27,28)21-13-6-5-12-20(21)22(26)29-2)25(16)14-18-10-7-9-17-8-3-4-11-19(17)18/h3-13,15H,14H2,1-2H3. The van der Waals surface area contributed by atoms with Crippen LogP contribution in [0.2, 0.25) is 0 Å². The molecule has 0 saturated carbocycles. The van der Waals surface area contributed by atoms with E-state index in [2.05, 4.69) is 4.40 Å². The van der Waals surface area contributed by atoms with E-state index in [4.69, 9.17) is 4.74 Å². The van der Waals surface area contributed by atoms with Gasteiger partial charge in [-0.2, -0.15) is 8.42 Å². The van der Waals surface area contributed by atoms with Crippen molar-refractivity contribution in [3.05, 3.63) is 93.7 Å². The Balaban J connectivity index is 1.82. The van der Waals surface area contributed by atoms with Crippen molar-refractivity contribution >= 4 is 38.1 Å². The van der Waals surface area contributed by atoms with Crippen molar-refractivity contribution in [3.63, 3.8) is 0 Å². The van der Waals surface area contributed by atoms with Crippen LogP contribution in [0.15, 0.2) is 81.4 Å². The van der Waals surface area contributed by atoms with Gasteiger partial charge in [0.05, 0.1) is 19.2 Å². The van der Waals surface area contributed by atoms with Gasteiger partial charge in [-0.25, -0.2) is 4.79 Å². The van der Waals surface area contributed by atoms with Crippen molar-refractivity contribution in [2.75, 3.05) is 7.11 Å². The highest BCUT2D eigenvalue weighted by Gasteiger charge is 2.22. The zero-order chi connectivity index (χ0) is 22.0. The number of ether oxygens (including phenoxy) is 1. The lowest BCUT2D eigenvalue weighted by Crippen LogP contribution is -2.20. The van der Waals surface area contributed by atoms with Crippen LogP contribution in [0.3, 0.4) is 0 Å². The van der Waals surface area contributed by atoms with Crippen molar-refractivity contribution < 1.29 is 17.9 Å². The molecule has 0 N–H and O–H groups in total. The van der Waals surface area contributed by atoms with Crippen molar-refractivity contribution in [2.45, 2.75) is 18.4 Å². The Morgan fingerprint density at radius 3 is 2.55 bits per heavy atom. The lowest BCUT2D eigenvalue weighted by atomic mass is 10.0. The molecule has 0 bridgehead atoms. The van der Waals surface area contributed by atoms with Gasteiger partial charge in [0.15, 0.2) is 0 Å². The van der Waals surface area contributed by atoms with E-state index in [0.717, 1.165) is 22.0 Å². The summed E-state index contributed by atoms with van der Waals surface area (Å²) in [6, 6.07) is 20.0. The first-order valence-corrected chi connectivity index (χ1v) is 11.8. The fourth-order valence-electron chi connectivity index (χ4n) is 3.40. The molecule has 4 rings (SSSR count). The predicted octanol–water partition coefficient (Wildman–Crippen LogP) is 4.14. The summed E-state index contributed by atoms with van der Waals surface area (Å²) < 4.78 is 36.8. The normalized spacial score (nSPS) is 12.3. The first-order chi connectivity index (χ1) is 14.9. The monoisotopic (exact) mass is 452 g/mol. The summed E-state index contributed by atoms with van der Waals surface area (Å²) >= 11 is 1.24. The molecule has 0 aliphatic heterocycles. The van der Waals surface area contributed by atoms with Gasteiger partial charge in [-0.3, -0.25) is 0 Å². The molecular weight excluding hydrogens is 432 g/mol. The number of thiazole rings is 1. The van der Waals surface area contributed by atoms with Gasteiger partial charge >= 0.3 is 5.97 Å². The number of carbonyl (C=O) groups is 1. The molecule has 6 nitrogen and oxygen atoms in total. The van der Waals surface area contributed by atoms with E-state index in [1.807, 2.05) is 59.3 Å². The number of benzene rings is 3. The quantitative estimate of drug-likeness (QED) is 0.427. The Labute approximate surface area is 184 Å². The summed E-state index contributed by atoms with van der Waals surface area (Å²) in [6.45, 7) is 2.39. The molecule has 0 spiro atoms. The number of aromatic nitrogens is 1. The van der Waals surface area contributed by atoms with E-state index >= 15 is 0 Å². The number of fused-ring (bicyclic) bond motifs is 1. The van der Waals surface area contributed by atoms with Gasteiger partial charge < -0.3 is 9.30 Å². The van der Waals surface area contributed by atoms with E-state index in [1.54, 1.807) is 12.1 Å². The largest absolute Gasteiger partial charge is 0.465 e. The topological polar surface area (TPSA) is 77.7 Å². The molecule has 0 unspecified atom stereocenters. The molecule has 3 aromatic carbocycles. The number of esters is 1. The molecule has 31 heavy (non-hydrogen) atoms. The van der Waals surface area contributed by atoms with Crippen LogP contribution in [-0.4, -0.2) is 26.1 Å². The highest BCUT2D eigenvalue weighted by molar-refractivity contribution is 7.90. The Hall–Kier alpha value is -3.23. The number of methoxy groups -OCH3 is 1. The van der Waals surface area contributed by atoms with Gasteiger partial charge in [-0.15, -0.1) is 15.7 Å². The number of nitrogens with zero attached hydrogens (tertiary/aromatic N) is 2. The minimum absolute atomic E-state index is 0.0392. The Morgan fingerprint density at radius 1 is 1.03 bits per heavy atom. The molecule has 1 aromatic heterocycles. The zero-order valence-corrected chi connectivity index (χ0v) is 18.6. The second-order valence-electron chi connectivity index (χ2n) is 6.94. The lowest BCUT2D eigenvalue weighted by molar-refractivity contribution is 0.0596. The Kier molecular flexibility index (Phi) is 5.75. The number of carbonyl (C=O) groups excluding carboxylic acids is 1. The molecule has 0 saturated heterocycles. The van der Waals surface area contributed by atoms with Crippen molar-refractivity contribution in [1.29, 1.82) is 0 Å². The smallest absolute Gasteiger partial charge is 0.339 e. The first-order valence-electron chi connectivity index (χ1n) is 9.50. The van der Waals surface area contributed by atoms with Crippen LogP contribution in [0.4, 0.5) is 0 Å². The third-order valence-corrected chi connectivity index (χ3v) is 7.39. The molecule has 0 atom stereocenters. The minimum Gasteiger partial charge on any atom is -0.465 e. The minimum atomic E-state index is -4.13. The summed E-state index contributed by atoms with van der Waals surface area (Å²) in [5, 5.41) is 4.09. The van der Waals surface area contributed by atoms with Gasteiger partial charge in [0.25, 0.3) is 10.0 Å². The summed E-state index contributed by atoms with van der Waals surface area (Å²) in [4.78, 5) is 12.2. The van der Waals surface area contributed by atoms with Crippen LogP contribution in [0.25, 0.3) is 10.8 Å². The molecule has 0 amide bonds. The van der Waals surface area contributed by atoms with Gasteiger partial charge in [-0.1, -0.05) is 54.6 Å². The highest BCUT2D eigenvalue weighted by atomic mass is 32.2. The number of hydrogen-bond donors (Lipinski definition) is 0. The molecule has 0 radical (unpaired) electrons. The third kappa shape index (κ3) is 4.17. The summed E-state index contributed by atoms with van der Waals surface area (Å²) in [6.07, 6.45) is 0. The summed E-state index contributed by atoms with van der Waals surface area (Å²) in [7, 11) is -2.92. The maximum absolute atomic E-state index is 13.1. The number of hydrogen-bond acceptors (Lipinski definition) is 5. The summed E-state index contributed by atoms with van der Waals surface area (Å²) in [5.74, 6) is -0.722. The van der Waals surface area contributed by atoms with Gasteiger partial charge in [0, 0.05) is 11.1 Å². The first kappa shape index (κ1) is 21.0. The Bertz CT molecular complexity index is 1440. The maximum atomic E-state index is 13.1. The van der Waals surface area contributed by atoms with Crippen LogP contribution in [-0.2, 0) is 21.3 Å². The van der Waals surface area contributed by atoms with E-state index < -0.39 is 16.0 Å². The molecular formula is C23H20N2O4S2. The molecule has 158 valence electrons. The van der Waals surface area contributed by atoms with Crippen LogP contribution in [0.1, 0.15) is 21.6 Å². The SMILES string of the molecule is COC(=O)c1ccccc1S(=O)(=O)N=c1scc(C)n1Cc1cccc2ccccc12. The van der Waals surface area contributed by atoms with E-state index in [-0.39, 0.29) is 10.5 Å². The molecule has 8 heteroatoms. The van der Waals surface area contributed by atoms with Crippen molar-refractivity contribution in [3.8, 4) is 0 Å². The maximum Gasteiger partial charge on any atom is 0.339 e. The van der Waals surface area contributed by atoms with Crippen molar-refractivity contribution in [1.82, 2.24) is 4.57 Å². The molecule has 0 aliphatic rings. The number of aryl methyl sites for hydroxylation is 1. The van der Waals surface area contributed by atoms with Crippen LogP contribution < -0.4 is 4.80 Å². The Morgan fingerprint density at radius 2 is 1.74 bits per heavy atom. The predicted molar refractivity (Wildman–Crippen MR) is 121 cm³/mol. The molecule has 0 aliphatic carbocycles. The fraction of sp³-hybridized carbons (Fsp3) is 0.130. The molecule has 4 aromatic rings. The average molecular weight is 453 g/mol. The third-order valence-electron chi connectivity index (χ3n) is 4.97. The fourth-order valence-corrected chi connectivity index (χ4v) is 5.69. The van der Waals surface area contributed by atoms with E-state index in [0.29, 0.717) is 11.3 Å². The lowest BCUT2D eigenvalue weighted by Gasteiger charge is -2.10. The van der Waals surface area contributed by atoms with Crippen LogP contribution in [0, 0.1) is 6.92 Å². The van der Waals surface area contributed by atoms with Gasteiger partial charge in [0.1, 0.15) is 4.90 Å². The molecule has 1 heterocycles. The zero-order valence-electron chi connectivity index (χ0n) is 17.0. The second-order valence-corrected chi connectivity index (χ2v) is 9.35. The van der Waals surface area contributed by atoms with E-state index in [1.165, 1.54) is 30.6 Å². The highest BCUT2D eigenvalue weighted by Crippen LogP contribution is 2.21. The second kappa shape index (κ2) is 8.49. The van der Waals surface area contributed by atoms with Gasteiger partial charge in [-0.05, 0) is 35.4 Å². The number of sulfonamides is 1. The van der Waals surface area contributed by atoms with Gasteiger partial charge in [0.2, 0.25) is 4.80 Å². The van der Waals surface area contributed by atoms with E-state index in [9.17, 15) is 13.2 Å². The van der Waals surface area contributed by atoms with Crippen LogP contribution >= 0.6 is 11.3 Å². The molecule has 0 fully saturated rings. The van der Waals surface area contributed by atoms with Crippen molar-refractivity contribution in [2.24, 2.45) is 4.40 Å². The summed E-state index contributed by atoms with van der Waals surface area (Å²) in [5.41, 5.74) is 1.92. The average Bonchev–Trinajstić information content (AvgIpc) is 3.12. The van der Waals surface area contributed by atoms with Crippen LogP contribution in [0.5, 0.6) is 0 Å².